The number of amides is 4. The fourth-order valence-corrected chi connectivity index (χ4v) is 4.81. The molecule has 0 spiro atoms. The average molecular weight is 551 g/mol. The molecule has 4 rings (SSSR count). The van der Waals surface area contributed by atoms with E-state index in [9.17, 15) is 14.4 Å². The van der Waals surface area contributed by atoms with Gasteiger partial charge >= 0.3 is 6.03 Å². The molecule has 1 aliphatic rings. The third-order valence-corrected chi connectivity index (χ3v) is 6.82. The summed E-state index contributed by atoms with van der Waals surface area (Å²) in [7, 11) is 1.62. The quantitative estimate of drug-likeness (QED) is 0.432. The second kappa shape index (κ2) is 10.9. The highest BCUT2D eigenvalue weighted by molar-refractivity contribution is 9.10. The number of likely N-dealkylation sites (N-methyl/N-ethyl adjacent to an activating group) is 1. The number of carbonyl (C=O) groups is 3. The van der Waals surface area contributed by atoms with E-state index in [1.54, 1.807) is 49.9 Å². The molecule has 186 valence electrons. The van der Waals surface area contributed by atoms with Crippen LogP contribution < -0.4 is 16.0 Å². The van der Waals surface area contributed by atoms with E-state index in [0.717, 1.165) is 20.5 Å². The maximum atomic E-state index is 13.6. The second-order valence-electron chi connectivity index (χ2n) is 8.62. The van der Waals surface area contributed by atoms with Gasteiger partial charge in [-0.25, -0.2) is 9.78 Å². The van der Waals surface area contributed by atoms with Crippen molar-refractivity contribution in [3.8, 4) is 0 Å². The van der Waals surface area contributed by atoms with Crippen LogP contribution in [-0.4, -0.2) is 45.8 Å². The van der Waals surface area contributed by atoms with Crippen molar-refractivity contribution in [1.29, 1.82) is 0 Å². The molecule has 10 heteroatoms. The Morgan fingerprint density at radius 3 is 2.58 bits per heavy atom. The van der Waals surface area contributed by atoms with Crippen LogP contribution in [0, 0.1) is 5.92 Å². The summed E-state index contributed by atoms with van der Waals surface area (Å²) in [6, 6.07) is 12.5. The summed E-state index contributed by atoms with van der Waals surface area (Å²) in [6.07, 6.45) is 5.59. The SMILES string of the molecule is CC[C@@H](NC(=O)N1C(=O)[C@H](Cc2ccnc(N)c2)[C@H]1C(=O)N(C)c1ccncc1)c1cccc(Br)c1. The Morgan fingerprint density at radius 1 is 1.17 bits per heavy atom. The van der Waals surface area contributed by atoms with Crippen molar-refractivity contribution in [3.05, 3.63) is 82.7 Å². The molecule has 0 aliphatic carbocycles. The van der Waals surface area contributed by atoms with Gasteiger partial charge in [0.25, 0.3) is 5.91 Å². The monoisotopic (exact) mass is 550 g/mol. The largest absolute Gasteiger partial charge is 0.384 e. The Bertz CT molecular complexity index is 1270. The lowest BCUT2D eigenvalue weighted by Crippen LogP contribution is -2.70. The number of nitrogens with zero attached hydrogens (tertiary/aromatic N) is 4. The van der Waals surface area contributed by atoms with E-state index >= 15 is 0 Å². The third-order valence-electron chi connectivity index (χ3n) is 6.32. The number of carbonyl (C=O) groups excluding carboxylic acids is 3. The number of aromatic nitrogens is 2. The van der Waals surface area contributed by atoms with Crippen molar-refractivity contribution in [2.75, 3.05) is 17.7 Å². The van der Waals surface area contributed by atoms with Crippen molar-refractivity contribution in [3.63, 3.8) is 0 Å². The number of hydrogen-bond acceptors (Lipinski definition) is 6. The zero-order valence-electron chi connectivity index (χ0n) is 20.0. The summed E-state index contributed by atoms with van der Waals surface area (Å²) in [5.74, 6) is -1.15. The summed E-state index contributed by atoms with van der Waals surface area (Å²) >= 11 is 3.46. The Morgan fingerprint density at radius 2 is 1.92 bits per heavy atom. The number of likely N-dealkylation sites (tertiary alicyclic amines) is 1. The number of anilines is 2. The molecule has 1 aromatic carbocycles. The minimum atomic E-state index is -0.968. The topological polar surface area (TPSA) is 122 Å². The lowest BCUT2D eigenvalue weighted by Gasteiger charge is -2.46. The zero-order valence-corrected chi connectivity index (χ0v) is 21.6. The fourth-order valence-electron chi connectivity index (χ4n) is 4.39. The standard InChI is InChI=1S/C26H27BrN6O3/c1-3-21(17-5-4-6-18(27)15-17)31-26(36)33-23(25(35)32(2)19-8-10-29-11-9-19)20(24(33)34)13-16-7-12-30-22(28)14-16/h4-12,14-15,20-21,23H,3,13H2,1-2H3,(H2,28,30)(H,31,36)/t20-,21-,23+/m1/s1. The molecular formula is C26H27BrN6O3. The molecule has 2 aromatic heterocycles. The van der Waals surface area contributed by atoms with Crippen LogP contribution in [0.1, 0.15) is 30.5 Å². The van der Waals surface area contributed by atoms with E-state index < -0.39 is 23.9 Å². The van der Waals surface area contributed by atoms with Crippen molar-refractivity contribution in [2.45, 2.75) is 31.8 Å². The second-order valence-corrected chi connectivity index (χ2v) is 9.54. The molecule has 4 amide bonds. The van der Waals surface area contributed by atoms with Crippen LogP contribution in [-0.2, 0) is 16.0 Å². The first-order valence-corrected chi connectivity index (χ1v) is 12.4. The third kappa shape index (κ3) is 5.23. The van der Waals surface area contributed by atoms with Crippen LogP contribution in [0.5, 0.6) is 0 Å². The van der Waals surface area contributed by atoms with Gasteiger partial charge in [-0.05, 0) is 60.4 Å². The van der Waals surface area contributed by atoms with Crippen LogP contribution in [0.15, 0.2) is 71.6 Å². The maximum Gasteiger partial charge on any atom is 0.325 e. The van der Waals surface area contributed by atoms with Crippen molar-refractivity contribution >= 4 is 45.3 Å². The van der Waals surface area contributed by atoms with Crippen molar-refractivity contribution in [2.24, 2.45) is 5.92 Å². The van der Waals surface area contributed by atoms with E-state index in [2.05, 4.69) is 31.2 Å². The minimum absolute atomic E-state index is 0.263. The van der Waals surface area contributed by atoms with Crippen molar-refractivity contribution < 1.29 is 14.4 Å². The van der Waals surface area contributed by atoms with E-state index in [0.29, 0.717) is 17.9 Å². The van der Waals surface area contributed by atoms with Gasteiger partial charge in [0.1, 0.15) is 11.9 Å². The van der Waals surface area contributed by atoms with Gasteiger partial charge in [-0.15, -0.1) is 0 Å². The van der Waals surface area contributed by atoms with E-state index in [1.807, 2.05) is 31.2 Å². The van der Waals surface area contributed by atoms with Gasteiger partial charge in [-0.1, -0.05) is 35.0 Å². The molecule has 3 heterocycles. The molecule has 1 fully saturated rings. The predicted molar refractivity (Wildman–Crippen MR) is 140 cm³/mol. The normalized spacial score (nSPS) is 17.8. The molecule has 0 radical (unpaired) electrons. The fraction of sp³-hybridized carbons (Fsp3) is 0.269. The average Bonchev–Trinajstić information content (AvgIpc) is 2.88. The minimum Gasteiger partial charge on any atom is -0.384 e. The van der Waals surface area contributed by atoms with Crippen LogP contribution in [0.2, 0.25) is 0 Å². The number of benzene rings is 1. The Labute approximate surface area is 217 Å². The lowest BCUT2D eigenvalue weighted by molar-refractivity contribution is -0.156. The molecule has 1 saturated heterocycles. The highest BCUT2D eigenvalue weighted by Gasteiger charge is 2.55. The van der Waals surface area contributed by atoms with Crippen LogP contribution >= 0.6 is 15.9 Å². The van der Waals surface area contributed by atoms with E-state index in [-0.39, 0.29) is 18.4 Å². The molecule has 36 heavy (non-hydrogen) atoms. The lowest BCUT2D eigenvalue weighted by atomic mass is 9.81. The Hall–Kier alpha value is -3.79. The molecule has 0 unspecified atom stereocenters. The molecule has 0 saturated carbocycles. The van der Waals surface area contributed by atoms with Crippen LogP contribution in [0.3, 0.4) is 0 Å². The first-order chi connectivity index (χ1) is 17.3. The summed E-state index contributed by atoms with van der Waals surface area (Å²) in [6.45, 7) is 1.94. The van der Waals surface area contributed by atoms with Crippen molar-refractivity contribution in [1.82, 2.24) is 20.2 Å². The number of rotatable bonds is 7. The van der Waals surface area contributed by atoms with Gasteiger partial charge in [0.15, 0.2) is 0 Å². The molecule has 0 bridgehead atoms. The highest BCUT2D eigenvalue weighted by Crippen LogP contribution is 2.33. The number of nitrogen functional groups attached to an aromatic ring is 1. The molecular weight excluding hydrogens is 524 g/mol. The summed E-state index contributed by atoms with van der Waals surface area (Å²) in [5, 5.41) is 2.93. The number of hydrogen-bond donors (Lipinski definition) is 2. The maximum absolute atomic E-state index is 13.6. The molecule has 3 N–H and O–H groups in total. The van der Waals surface area contributed by atoms with Crippen LogP contribution in [0.4, 0.5) is 16.3 Å². The highest BCUT2D eigenvalue weighted by atomic mass is 79.9. The number of pyridine rings is 2. The number of nitrogens with one attached hydrogen (secondary N) is 1. The number of halogens is 1. The summed E-state index contributed by atoms with van der Waals surface area (Å²) < 4.78 is 0.886. The van der Waals surface area contributed by atoms with E-state index in [1.165, 1.54) is 4.90 Å². The Balaban J connectivity index is 1.60. The number of β-lactam (4-membered cyclic amide) rings is 1. The first-order valence-electron chi connectivity index (χ1n) is 11.6. The predicted octanol–water partition coefficient (Wildman–Crippen LogP) is 3.71. The van der Waals surface area contributed by atoms with Gasteiger partial charge in [-0.3, -0.25) is 19.5 Å². The van der Waals surface area contributed by atoms with Gasteiger partial charge in [0.2, 0.25) is 5.91 Å². The first kappa shape index (κ1) is 25.3. The van der Waals surface area contributed by atoms with E-state index in [4.69, 9.17) is 5.73 Å². The molecule has 3 aromatic rings. The smallest absolute Gasteiger partial charge is 0.325 e. The number of nitrogens with two attached hydrogens (primary N) is 1. The van der Waals surface area contributed by atoms with Gasteiger partial charge in [0.05, 0.1) is 12.0 Å². The summed E-state index contributed by atoms with van der Waals surface area (Å²) in [5.41, 5.74) is 8.08. The zero-order chi connectivity index (χ0) is 25.8. The molecule has 1 aliphatic heterocycles. The number of imide groups is 1. The van der Waals surface area contributed by atoms with Gasteiger partial charge in [-0.2, -0.15) is 0 Å². The Kier molecular flexibility index (Phi) is 7.64. The van der Waals surface area contributed by atoms with Crippen LogP contribution in [0.25, 0.3) is 0 Å². The molecule has 3 atom stereocenters. The van der Waals surface area contributed by atoms with Gasteiger partial charge in [0, 0.05) is 35.8 Å². The van der Waals surface area contributed by atoms with Gasteiger partial charge < -0.3 is 16.0 Å². The summed E-state index contributed by atoms with van der Waals surface area (Å²) in [4.78, 5) is 50.7. The molecule has 9 nitrogen and oxygen atoms in total. The number of urea groups is 1.